The van der Waals surface area contributed by atoms with Crippen LogP contribution in [0.4, 0.5) is 0 Å². The molecule has 2 atom stereocenters. The van der Waals surface area contributed by atoms with Crippen molar-refractivity contribution >= 4 is 10.8 Å². The maximum absolute atomic E-state index is 10.9. The molecule has 1 aliphatic heterocycles. The number of phenols is 1. The Hall–Kier alpha value is -2.92. The molecule has 3 aromatic rings. The van der Waals surface area contributed by atoms with Gasteiger partial charge in [-0.25, -0.2) is 0 Å². The molecule has 3 aromatic carbocycles. The first kappa shape index (κ1) is 21.3. The predicted molar refractivity (Wildman–Crippen MR) is 125 cm³/mol. The van der Waals surface area contributed by atoms with E-state index >= 15 is 0 Å². The number of hydrogen-bond acceptors (Lipinski definition) is 5. The number of hydrogen-bond donors (Lipinski definition) is 1. The maximum Gasteiger partial charge on any atom is 0.130 e. The van der Waals surface area contributed by atoms with Crippen LogP contribution in [0.2, 0.25) is 0 Å². The largest absolute Gasteiger partial charge is 0.507 e. The Labute approximate surface area is 184 Å². The van der Waals surface area contributed by atoms with E-state index in [-0.39, 0.29) is 11.8 Å². The number of benzene rings is 3. The topological polar surface area (TPSA) is 51.2 Å². The minimum absolute atomic E-state index is 0.101. The lowest BCUT2D eigenvalue weighted by atomic mass is 9.82. The zero-order valence-electron chi connectivity index (χ0n) is 19.4. The van der Waals surface area contributed by atoms with Crippen LogP contribution in [0.3, 0.4) is 0 Å². The Balaban J connectivity index is 2.14. The first-order valence-corrected chi connectivity index (χ1v) is 10.6. The van der Waals surface area contributed by atoms with Gasteiger partial charge in [0.15, 0.2) is 0 Å². The number of aromatic hydroxyl groups is 1. The second-order valence-electron chi connectivity index (χ2n) is 8.46. The van der Waals surface area contributed by atoms with Crippen molar-refractivity contribution in [3.05, 3.63) is 47.0 Å². The second kappa shape index (κ2) is 7.97. The number of likely N-dealkylation sites (N-methyl/N-ethyl adjacent to an activating group) is 1. The summed E-state index contributed by atoms with van der Waals surface area (Å²) in [6, 6.07) is 10.4. The third kappa shape index (κ3) is 3.28. The smallest absolute Gasteiger partial charge is 0.130 e. The molecule has 0 bridgehead atoms. The van der Waals surface area contributed by atoms with Gasteiger partial charge in [-0.1, -0.05) is 6.07 Å². The fourth-order valence-electron chi connectivity index (χ4n) is 4.97. The number of aryl methyl sites for hydroxylation is 1. The Kier molecular flexibility index (Phi) is 5.48. The highest BCUT2D eigenvalue weighted by Gasteiger charge is 2.33. The van der Waals surface area contributed by atoms with Crippen molar-refractivity contribution in [2.24, 2.45) is 0 Å². The molecule has 0 aliphatic carbocycles. The fraction of sp³-hybridized carbons (Fsp3) is 0.385. The lowest BCUT2D eigenvalue weighted by molar-refractivity contribution is 0.176. The van der Waals surface area contributed by atoms with E-state index in [9.17, 15) is 5.11 Å². The van der Waals surface area contributed by atoms with E-state index in [4.69, 9.17) is 14.2 Å². The lowest BCUT2D eigenvalue weighted by Crippen LogP contribution is -2.38. The van der Waals surface area contributed by atoms with E-state index < -0.39 is 0 Å². The Bertz CT molecular complexity index is 1150. The molecule has 0 saturated heterocycles. The van der Waals surface area contributed by atoms with Gasteiger partial charge < -0.3 is 19.3 Å². The molecule has 164 valence electrons. The number of methoxy groups -OCH3 is 3. The third-order valence-electron chi connectivity index (χ3n) is 6.75. The van der Waals surface area contributed by atoms with Crippen LogP contribution >= 0.6 is 0 Å². The first-order valence-electron chi connectivity index (χ1n) is 10.6. The summed E-state index contributed by atoms with van der Waals surface area (Å²) in [4.78, 5) is 2.30. The minimum atomic E-state index is 0.101. The summed E-state index contributed by atoms with van der Waals surface area (Å²) in [5.41, 5.74) is 5.30. The Morgan fingerprint density at radius 1 is 0.935 bits per heavy atom. The van der Waals surface area contributed by atoms with E-state index in [1.807, 2.05) is 12.1 Å². The number of fused-ring (bicyclic) bond motifs is 2. The summed E-state index contributed by atoms with van der Waals surface area (Å²) in [5, 5.41) is 12.9. The SMILES string of the molecule is COc1cc(O)c2c(c1-c1ccc(OC)c3c(OC)cc(C)cc13)C[C@@H](C)N(C)[C@@H]2C. The van der Waals surface area contributed by atoms with Gasteiger partial charge in [0.05, 0.1) is 26.7 Å². The van der Waals surface area contributed by atoms with Crippen LogP contribution in [-0.4, -0.2) is 44.4 Å². The van der Waals surface area contributed by atoms with Gasteiger partial charge in [-0.3, -0.25) is 4.90 Å². The molecule has 1 heterocycles. The lowest BCUT2D eigenvalue weighted by Gasteiger charge is -2.39. The van der Waals surface area contributed by atoms with Crippen molar-refractivity contribution < 1.29 is 19.3 Å². The van der Waals surface area contributed by atoms with Gasteiger partial charge in [0.2, 0.25) is 0 Å². The van der Waals surface area contributed by atoms with Crippen molar-refractivity contribution in [2.75, 3.05) is 28.4 Å². The summed E-state index contributed by atoms with van der Waals surface area (Å²) in [5.74, 6) is 2.51. The van der Waals surface area contributed by atoms with Gasteiger partial charge >= 0.3 is 0 Å². The van der Waals surface area contributed by atoms with Crippen LogP contribution < -0.4 is 14.2 Å². The standard InChI is InChI=1S/C26H31NO4/c1-14-10-18-17(8-9-21(29-5)26(18)22(11-14)30-6)25-19-12-15(2)27(4)16(3)24(19)20(28)13-23(25)31-7/h8-11,13,15-16,28H,12H2,1-7H3/t15-,16-/m1/s1. The van der Waals surface area contributed by atoms with Gasteiger partial charge in [0, 0.05) is 29.3 Å². The summed E-state index contributed by atoms with van der Waals surface area (Å²) < 4.78 is 17.2. The van der Waals surface area contributed by atoms with Crippen molar-refractivity contribution in [2.45, 2.75) is 39.3 Å². The summed E-state index contributed by atoms with van der Waals surface area (Å²) >= 11 is 0. The monoisotopic (exact) mass is 421 g/mol. The Morgan fingerprint density at radius 3 is 2.26 bits per heavy atom. The van der Waals surface area contributed by atoms with E-state index in [0.29, 0.717) is 11.8 Å². The highest BCUT2D eigenvalue weighted by molar-refractivity contribution is 6.05. The van der Waals surface area contributed by atoms with E-state index in [2.05, 4.69) is 44.9 Å². The highest BCUT2D eigenvalue weighted by atomic mass is 16.5. The zero-order chi connectivity index (χ0) is 22.4. The average Bonchev–Trinajstić information content (AvgIpc) is 2.75. The van der Waals surface area contributed by atoms with Crippen molar-refractivity contribution in [1.29, 1.82) is 0 Å². The molecule has 0 fully saturated rings. The van der Waals surface area contributed by atoms with Gasteiger partial charge in [0.1, 0.15) is 23.0 Å². The fourth-order valence-corrected chi connectivity index (χ4v) is 4.97. The van der Waals surface area contributed by atoms with Gasteiger partial charge in [-0.15, -0.1) is 0 Å². The normalized spacial score (nSPS) is 18.7. The number of nitrogens with zero attached hydrogens (tertiary/aromatic N) is 1. The zero-order valence-corrected chi connectivity index (χ0v) is 19.4. The van der Waals surface area contributed by atoms with Crippen LogP contribution in [0.1, 0.15) is 36.6 Å². The average molecular weight is 422 g/mol. The van der Waals surface area contributed by atoms with Gasteiger partial charge in [-0.2, -0.15) is 0 Å². The summed E-state index contributed by atoms with van der Waals surface area (Å²) in [7, 11) is 7.13. The van der Waals surface area contributed by atoms with Gasteiger partial charge in [0.25, 0.3) is 0 Å². The Morgan fingerprint density at radius 2 is 1.61 bits per heavy atom. The summed E-state index contributed by atoms with van der Waals surface area (Å²) in [6.45, 7) is 6.43. The van der Waals surface area contributed by atoms with E-state index in [0.717, 1.165) is 56.5 Å². The van der Waals surface area contributed by atoms with Crippen LogP contribution in [0.25, 0.3) is 21.9 Å². The molecule has 1 N–H and O–H groups in total. The summed E-state index contributed by atoms with van der Waals surface area (Å²) in [6.07, 6.45) is 0.826. The molecule has 5 heteroatoms. The maximum atomic E-state index is 10.9. The van der Waals surface area contributed by atoms with Crippen LogP contribution in [0, 0.1) is 6.92 Å². The molecular formula is C26H31NO4. The molecule has 0 radical (unpaired) electrons. The molecule has 5 nitrogen and oxygen atoms in total. The molecule has 0 unspecified atom stereocenters. The highest BCUT2D eigenvalue weighted by Crippen LogP contribution is 2.50. The minimum Gasteiger partial charge on any atom is -0.507 e. The molecule has 1 aliphatic rings. The molecular weight excluding hydrogens is 390 g/mol. The van der Waals surface area contributed by atoms with Crippen molar-refractivity contribution in [3.63, 3.8) is 0 Å². The van der Waals surface area contributed by atoms with E-state index in [1.165, 1.54) is 0 Å². The van der Waals surface area contributed by atoms with E-state index in [1.54, 1.807) is 27.4 Å². The molecule has 4 rings (SSSR count). The number of rotatable bonds is 4. The first-order chi connectivity index (χ1) is 14.8. The molecule has 0 saturated carbocycles. The molecule has 0 aromatic heterocycles. The van der Waals surface area contributed by atoms with Crippen LogP contribution in [0.15, 0.2) is 30.3 Å². The second-order valence-corrected chi connectivity index (χ2v) is 8.46. The predicted octanol–water partition coefficient (Wildman–Crippen LogP) is 5.48. The number of phenolic OH excluding ortho intramolecular Hbond substituents is 1. The molecule has 0 amide bonds. The molecule has 0 spiro atoms. The van der Waals surface area contributed by atoms with Crippen molar-refractivity contribution in [1.82, 2.24) is 4.90 Å². The van der Waals surface area contributed by atoms with Gasteiger partial charge in [-0.05, 0) is 74.5 Å². The van der Waals surface area contributed by atoms with Crippen LogP contribution in [0.5, 0.6) is 23.0 Å². The molecule has 31 heavy (non-hydrogen) atoms. The quantitative estimate of drug-likeness (QED) is 0.604. The van der Waals surface area contributed by atoms with Crippen molar-refractivity contribution in [3.8, 4) is 34.1 Å². The third-order valence-corrected chi connectivity index (χ3v) is 6.75. The number of ether oxygens (including phenoxy) is 3. The van der Waals surface area contributed by atoms with Crippen LogP contribution in [-0.2, 0) is 6.42 Å².